The van der Waals surface area contributed by atoms with E-state index in [0.29, 0.717) is 6.54 Å². The molecule has 0 aromatic heterocycles. The van der Waals surface area contributed by atoms with Gasteiger partial charge in [0.15, 0.2) is 12.4 Å². The number of hydrogen-bond acceptors (Lipinski definition) is 5. The second kappa shape index (κ2) is 4.26. The minimum atomic E-state index is -1.53. The molecular weight excluding hydrogens is 203 g/mol. The van der Waals surface area contributed by atoms with Gasteiger partial charge in [-0.3, -0.25) is 0 Å². The SMILES string of the molecule is OC[C@@H]1O[C@H](N2C=NC=CC2)[C@H](F)[C@H]1O. The third-order valence-corrected chi connectivity index (χ3v) is 2.52. The Hall–Kier alpha value is -0.980. The lowest BCUT2D eigenvalue weighted by atomic mass is 10.1. The molecule has 2 aliphatic heterocycles. The zero-order valence-electron chi connectivity index (χ0n) is 8.03. The molecule has 2 heterocycles. The van der Waals surface area contributed by atoms with Gasteiger partial charge in [0.1, 0.15) is 12.2 Å². The Morgan fingerprint density at radius 3 is 2.93 bits per heavy atom. The van der Waals surface area contributed by atoms with Gasteiger partial charge in [-0.1, -0.05) is 0 Å². The molecule has 0 bridgehead atoms. The van der Waals surface area contributed by atoms with Crippen molar-refractivity contribution in [1.82, 2.24) is 4.90 Å². The van der Waals surface area contributed by atoms with Crippen molar-refractivity contribution in [3.05, 3.63) is 12.3 Å². The Balaban J connectivity index is 2.04. The van der Waals surface area contributed by atoms with Crippen LogP contribution in [0.4, 0.5) is 4.39 Å². The summed E-state index contributed by atoms with van der Waals surface area (Å²) in [5, 5.41) is 18.3. The second-order valence-corrected chi connectivity index (χ2v) is 3.53. The van der Waals surface area contributed by atoms with Crippen molar-refractivity contribution in [2.45, 2.75) is 24.6 Å². The van der Waals surface area contributed by atoms with Crippen molar-refractivity contribution < 1.29 is 19.3 Å². The normalized spacial score (nSPS) is 40.1. The monoisotopic (exact) mass is 216 g/mol. The van der Waals surface area contributed by atoms with Crippen molar-refractivity contribution in [3.63, 3.8) is 0 Å². The predicted octanol–water partition coefficient (Wildman–Crippen LogP) is -0.740. The summed E-state index contributed by atoms with van der Waals surface area (Å²) in [7, 11) is 0. The zero-order valence-corrected chi connectivity index (χ0v) is 8.03. The zero-order chi connectivity index (χ0) is 10.8. The summed E-state index contributed by atoms with van der Waals surface area (Å²) in [6, 6.07) is 0. The van der Waals surface area contributed by atoms with Crippen molar-refractivity contribution >= 4 is 6.34 Å². The van der Waals surface area contributed by atoms with Crippen LogP contribution >= 0.6 is 0 Å². The van der Waals surface area contributed by atoms with E-state index in [9.17, 15) is 9.50 Å². The van der Waals surface area contributed by atoms with Crippen LogP contribution < -0.4 is 0 Å². The molecule has 0 aromatic carbocycles. The molecule has 5 nitrogen and oxygen atoms in total. The first-order valence-electron chi connectivity index (χ1n) is 4.76. The van der Waals surface area contributed by atoms with E-state index in [1.165, 1.54) is 6.34 Å². The molecule has 6 heteroatoms. The van der Waals surface area contributed by atoms with Crippen LogP contribution in [0.1, 0.15) is 0 Å². The molecular formula is C9H13FN2O3. The van der Waals surface area contributed by atoms with E-state index in [0.717, 1.165) is 0 Å². The third-order valence-electron chi connectivity index (χ3n) is 2.52. The van der Waals surface area contributed by atoms with E-state index < -0.39 is 24.6 Å². The maximum atomic E-state index is 13.6. The highest BCUT2D eigenvalue weighted by Gasteiger charge is 2.46. The molecule has 0 saturated carbocycles. The smallest absolute Gasteiger partial charge is 0.173 e. The number of ether oxygens (including phenoxy) is 1. The van der Waals surface area contributed by atoms with Crippen LogP contribution in [0.5, 0.6) is 0 Å². The fourth-order valence-electron chi connectivity index (χ4n) is 1.69. The van der Waals surface area contributed by atoms with Gasteiger partial charge in [0.2, 0.25) is 0 Å². The van der Waals surface area contributed by atoms with Gasteiger partial charge in [0.25, 0.3) is 0 Å². The molecule has 1 fully saturated rings. The molecule has 15 heavy (non-hydrogen) atoms. The molecule has 2 N–H and O–H groups in total. The molecule has 0 aliphatic carbocycles. The van der Waals surface area contributed by atoms with Crippen LogP contribution in [0.25, 0.3) is 0 Å². The summed E-state index contributed by atoms with van der Waals surface area (Å²) < 4.78 is 18.8. The number of aliphatic imine (C=N–C) groups is 1. The molecule has 0 aromatic rings. The summed E-state index contributed by atoms with van der Waals surface area (Å²) in [6.45, 7) is 0.0956. The van der Waals surface area contributed by atoms with Crippen molar-refractivity contribution in [3.8, 4) is 0 Å². The molecule has 84 valence electrons. The fraction of sp³-hybridized carbons (Fsp3) is 0.667. The Kier molecular flexibility index (Phi) is 2.99. The number of hydrogen-bond donors (Lipinski definition) is 2. The Labute approximate surface area is 86.5 Å². The van der Waals surface area contributed by atoms with Gasteiger partial charge in [-0.25, -0.2) is 9.38 Å². The van der Waals surface area contributed by atoms with Gasteiger partial charge in [-0.2, -0.15) is 0 Å². The lowest BCUT2D eigenvalue weighted by molar-refractivity contribution is -0.0595. The van der Waals surface area contributed by atoms with E-state index >= 15 is 0 Å². The van der Waals surface area contributed by atoms with Crippen molar-refractivity contribution in [2.24, 2.45) is 4.99 Å². The second-order valence-electron chi connectivity index (χ2n) is 3.53. The Bertz CT molecular complexity index is 285. The molecule has 0 spiro atoms. The maximum absolute atomic E-state index is 13.6. The van der Waals surface area contributed by atoms with Crippen LogP contribution in [0.3, 0.4) is 0 Å². The predicted molar refractivity (Wildman–Crippen MR) is 51.0 cm³/mol. The molecule has 1 saturated heterocycles. The fourth-order valence-corrected chi connectivity index (χ4v) is 1.69. The van der Waals surface area contributed by atoms with Crippen LogP contribution in [-0.2, 0) is 4.74 Å². The first-order chi connectivity index (χ1) is 7.24. The quantitative estimate of drug-likeness (QED) is 0.638. The number of rotatable bonds is 2. The van der Waals surface area contributed by atoms with Crippen LogP contribution in [-0.4, -0.2) is 59.2 Å². The standard InChI is InChI=1S/C9H13FN2O3/c10-7-8(14)6(4-13)15-9(7)12-3-1-2-11-5-12/h1-2,5-9,13-14H,3-4H2/t6-,7+,8-,9-/m0/s1. The lowest BCUT2D eigenvalue weighted by Crippen LogP contribution is -2.42. The van der Waals surface area contributed by atoms with Gasteiger partial charge >= 0.3 is 0 Å². The average Bonchev–Trinajstić information content (AvgIpc) is 2.57. The number of aliphatic hydroxyl groups excluding tert-OH is 2. The highest BCUT2D eigenvalue weighted by atomic mass is 19.1. The number of halogens is 1. The molecule has 0 radical (unpaired) electrons. The van der Waals surface area contributed by atoms with Gasteiger partial charge < -0.3 is 19.8 Å². The van der Waals surface area contributed by atoms with Gasteiger partial charge in [0.05, 0.1) is 12.9 Å². The van der Waals surface area contributed by atoms with Crippen molar-refractivity contribution in [2.75, 3.05) is 13.2 Å². The minimum absolute atomic E-state index is 0.390. The molecule has 2 rings (SSSR count). The third kappa shape index (κ3) is 1.88. The van der Waals surface area contributed by atoms with Crippen LogP contribution in [0.2, 0.25) is 0 Å². The molecule has 2 aliphatic rings. The van der Waals surface area contributed by atoms with E-state index in [1.807, 2.05) is 0 Å². The van der Waals surface area contributed by atoms with Crippen LogP contribution in [0, 0.1) is 0 Å². The minimum Gasteiger partial charge on any atom is -0.394 e. The number of nitrogens with zero attached hydrogens (tertiary/aromatic N) is 2. The van der Waals surface area contributed by atoms with Gasteiger partial charge in [-0.15, -0.1) is 0 Å². The van der Waals surface area contributed by atoms with Crippen molar-refractivity contribution in [1.29, 1.82) is 0 Å². The Morgan fingerprint density at radius 2 is 2.40 bits per heavy atom. The van der Waals surface area contributed by atoms with Crippen LogP contribution in [0.15, 0.2) is 17.3 Å². The average molecular weight is 216 g/mol. The summed E-state index contributed by atoms with van der Waals surface area (Å²) in [5.74, 6) is 0. The largest absolute Gasteiger partial charge is 0.394 e. The van der Waals surface area contributed by atoms with Gasteiger partial charge in [0, 0.05) is 12.7 Å². The lowest BCUT2D eigenvalue weighted by Gasteiger charge is -2.27. The van der Waals surface area contributed by atoms with Gasteiger partial charge in [-0.05, 0) is 6.08 Å². The maximum Gasteiger partial charge on any atom is 0.173 e. The first-order valence-corrected chi connectivity index (χ1v) is 4.76. The Morgan fingerprint density at radius 1 is 1.60 bits per heavy atom. The van der Waals surface area contributed by atoms with E-state index in [-0.39, 0.29) is 6.61 Å². The molecule has 0 amide bonds. The van der Waals surface area contributed by atoms with E-state index in [2.05, 4.69) is 4.99 Å². The topological polar surface area (TPSA) is 65.3 Å². The number of aliphatic hydroxyl groups is 2. The highest BCUT2D eigenvalue weighted by molar-refractivity contribution is 5.58. The summed E-state index contributed by atoms with van der Waals surface area (Å²) in [5.41, 5.74) is 0. The first kappa shape index (κ1) is 10.5. The number of alkyl halides is 1. The molecule has 0 unspecified atom stereocenters. The van der Waals surface area contributed by atoms with E-state index in [4.69, 9.17) is 9.84 Å². The summed E-state index contributed by atoms with van der Waals surface area (Å²) in [6.07, 6.45) is 0.298. The van der Waals surface area contributed by atoms with E-state index in [1.54, 1.807) is 17.2 Å². The highest BCUT2D eigenvalue weighted by Crippen LogP contribution is 2.26. The molecule has 4 atom stereocenters. The summed E-state index contributed by atoms with van der Waals surface area (Å²) >= 11 is 0. The summed E-state index contributed by atoms with van der Waals surface area (Å²) in [4.78, 5) is 5.39.